The van der Waals surface area contributed by atoms with E-state index in [2.05, 4.69) is 22.3 Å². The van der Waals surface area contributed by atoms with Gasteiger partial charge in [0.05, 0.1) is 24.9 Å². The van der Waals surface area contributed by atoms with Crippen molar-refractivity contribution in [3.8, 4) is 0 Å². The highest BCUT2D eigenvalue weighted by atomic mass is 35.5. The second-order valence-electron chi connectivity index (χ2n) is 10.0. The van der Waals surface area contributed by atoms with Crippen molar-refractivity contribution in [1.82, 2.24) is 4.90 Å². The summed E-state index contributed by atoms with van der Waals surface area (Å²) in [5, 5.41) is 15.6. The normalized spacial score (nSPS) is 18.5. The van der Waals surface area contributed by atoms with Crippen molar-refractivity contribution in [2.45, 2.75) is 45.3 Å². The molecule has 0 unspecified atom stereocenters. The number of ether oxygens (including phenoxy) is 1. The van der Waals surface area contributed by atoms with Gasteiger partial charge in [-0.05, 0) is 63.4 Å². The number of anilines is 2. The number of hydrogen-bond acceptors (Lipinski definition) is 5. The van der Waals surface area contributed by atoms with Crippen LogP contribution in [0, 0.1) is 5.92 Å². The Hall–Kier alpha value is -1.99. The second kappa shape index (κ2) is 11.0. The van der Waals surface area contributed by atoms with Crippen LogP contribution in [0.3, 0.4) is 0 Å². The molecule has 2 saturated heterocycles. The van der Waals surface area contributed by atoms with Gasteiger partial charge in [0.1, 0.15) is 0 Å². The van der Waals surface area contributed by atoms with Gasteiger partial charge in [-0.15, -0.1) is 0 Å². The summed E-state index contributed by atoms with van der Waals surface area (Å²) >= 11 is 12.5. The summed E-state index contributed by atoms with van der Waals surface area (Å²) in [5.74, 6) is 0.339. The standard InChI is InChI=1S/C27H35Cl2N3O3/c1-18(22-6-4-20(28)16-24(22)29)30-25-17-21(5-7-23(25)27(2,3)34)31-10-8-19(9-11-31)26(33)32-12-14-35-15-13-32/h4-7,16-19,30,34H,8-15H2,1-3H3/t18-/m1/s1. The van der Waals surface area contributed by atoms with E-state index in [9.17, 15) is 9.90 Å². The third-order valence-corrected chi connectivity index (χ3v) is 7.56. The van der Waals surface area contributed by atoms with Crippen molar-refractivity contribution < 1.29 is 14.6 Å². The maximum atomic E-state index is 12.9. The van der Waals surface area contributed by atoms with E-state index in [0.29, 0.717) is 36.3 Å². The van der Waals surface area contributed by atoms with Gasteiger partial charge in [-0.3, -0.25) is 4.79 Å². The van der Waals surface area contributed by atoms with Crippen molar-refractivity contribution in [3.05, 3.63) is 57.6 Å². The molecule has 2 aliphatic rings. The molecule has 2 heterocycles. The Kier molecular flexibility index (Phi) is 8.16. The Balaban J connectivity index is 1.49. The molecule has 190 valence electrons. The third-order valence-electron chi connectivity index (χ3n) is 7.00. The van der Waals surface area contributed by atoms with Crippen LogP contribution in [0.1, 0.15) is 50.8 Å². The van der Waals surface area contributed by atoms with Gasteiger partial charge in [-0.25, -0.2) is 0 Å². The summed E-state index contributed by atoms with van der Waals surface area (Å²) in [4.78, 5) is 17.2. The molecule has 6 nitrogen and oxygen atoms in total. The average Bonchev–Trinajstić information content (AvgIpc) is 2.83. The molecule has 1 amide bonds. The smallest absolute Gasteiger partial charge is 0.225 e. The van der Waals surface area contributed by atoms with Crippen LogP contribution in [-0.4, -0.2) is 55.3 Å². The maximum Gasteiger partial charge on any atom is 0.225 e. The summed E-state index contributed by atoms with van der Waals surface area (Å²) in [6, 6.07) is 11.5. The molecule has 0 bridgehead atoms. The fourth-order valence-corrected chi connectivity index (χ4v) is 5.54. The maximum absolute atomic E-state index is 12.9. The minimum atomic E-state index is -1.01. The molecule has 0 aliphatic carbocycles. The topological polar surface area (TPSA) is 65.0 Å². The zero-order valence-electron chi connectivity index (χ0n) is 20.7. The molecule has 35 heavy (non-hydrogen) atoms. The number of carbonyl (C=O) groups excluding carboxylic acids is 1. The summed E-state index contributed by atoms with van der Waals surface area (Å²) < 4.78 is 5.39. The predicted molar refractivity (Wildman–Crippen MR) is 143 cm³/mol. The Morgan fingerprint density at radius 2 is 1.77 bits per heavy atom. The summed E-state index contributed by atoms with van der Waals surface area (Å²) in [6.45, 7) is 9.91. The number of amides is 1. The Morgan fingerprint density at radius 3 is 2.40 bits per heavy atom. The van der Waals surface area contributed by atoms with Gasteiger partial charge in [0.25, 0.3) is 0 Å². The molecule has 0 radical (unpaired) electrons. The predicted octanol–water partition coefficient (Wildman–Crippen LogP) is 5.47. The summed E-state index contributed by atoms with van der Waals surface area (Å²) in [7, 11) is 0. The molecule has 1 atom stereocenters. The minimum Gasteiger partial charge on any atom is -0.386 e. The highest BCUT2D eigenvalue weighted by Crippen LogP contribution is 2.36. The van der Waals surface area contributed by atoms with Crippen molar-refractivity contribution in [2.75, 3.05) is 49.6 Å². The fraction of sp³-hybridized carbons (Fsp3) is 0.519. The lowest BCUT2D eigenvalue weighted by atomic mass is 9.93. The van der Waals surface area contributed by atoms with Gasteiger partial charge < -0.3 is 25.0 Å². The van der Waals surface area contributed by atoms with Crippen LogP contribution in [0.25, 0.3) is 0 Å². The van der Waals surface area contributed by atoms with E-state index < -0.39 is 5.60 Å². The number of benzene rings is 2. The minimum absolute atomic E-state index is 0.0738. The summed E-state index contributed by atoms with van der Waals surface area (Å²) in [5.41, 5.74) is 2.68. The Bertz CT molecular complexity index is 1040. The van der Waals surface area contributed by atoms with Gasteiger partial charge in [0, 0.05) is 59.1 Å². The molecule has 2 aromatic rings. The number of carbonyl (C=O) groups is 1. The molecule has 2 N–H and O–H groups in total. The van der Waals surface area contributed by atoms with E-state index >= 15 is 0 Å². The highest BCUT2D eigenvalue weighted by molar-refractivity contribution is 6.35. The molecular weight excluding hydrogens is 485 g/mol. The van der Waals surface area contributed by atoms with Crippen molar-refractivity contribution in [2.24, 2.45) is 5.92 Å². The van der Waals surface area contributed by atoms with E-state index in [0.717, 1.165) is 48.4 Å². The van der Waals surface area contributed by atoms with Crippen molar-refractivity contribution in [3.63, 3.8) is 0 Å². The van der Waals surface area contributed by atoms with Crippen molar-refractivity contribution in [1.29, 1.82) is 0 Å². The number of nitrogens with one attached hydrogen (secondary N) is 1. The van der Waals surface area contributed by atoms with Gasteiger partial charge in [0.15, 0.2) is 0 Å². The Labute approximate surface area is 218 Å². The quantitative estimate of drug-likeness (QED) is 0.529. The first kappa shape index (κ1) is 26.1. The van der Waals surface area contributed by atoms with E-state index in [1.165, 1.54) is 0 Å². The second-order valence-corrected chi connectivity index (χ2v) is 10.9. The van der Waals surface area contributed by atoms with Crippen LogP contribution in [0.5, 0.6) is 0 Å². The Morgan fingerprint density at radius 1 is 1.09 bits per heavy atom. The van der Waals surface area contributed by atoms with Crippen LogP contribution < -0.4 is 10.2 Å². The third kappa shape index (κ3) is 6.23. The number of halogens is 2. The number of rotatable bonds is 6. The number of piperidine rings is 1. The van der Waals surface area contributed by atoms with Gasteiger partial charge >= 0.3 is 0 Å². The molecule has 0 saturated carbocycles. The van der Waals surface area contributed by atoms with Gasteiger partial charge in [0.2, 0.25) is 5.91 Å². The zero-order valence-corrected chi connectivity index (χ0v) is 22.2. The van der Waals surface area contributed by atoms with Crippen LogP contribution in [0.15, 0.2) is 36.4 Å². The zero-order chi connectivity index (χ0) is 25.2. The van der Waals surface area contributed by atoms with Crippen LogP contribution in [0.2, 0.25) is 10.0 Å². The lowest BCUT2D eigenvalue weighted by molar-refractivity contribution is -0.140. The number of aliphatic hydroxyl groups is 1. The van der Waals surface area contributed by atoms with Crippen molar-refractivity contribution >= 4 is 40.5 Å². The first-order chi connectivity index (χ1) is 16.6. The molecule has 8 heteroatoms. The fourth-order valence-electron chi connectivity index (χ4n) is 4.97. The molecular formula is C27H35Cl2N3O3. The highest BCUT2D eigenvalue weighted by Gasteiger charge is 2.30. The number of morpholine rings is 1. The lowest BCUT2D eigenvalue weighted by Gasteiger charge is -2.37. The first-order valence-corrected chi connectivity index (χ1v) is 13.1. The largest absolute Gasteiger partial charge is 0.386 e. The van der Waals surface area contributed by atoms with Crippen LogP contribution in [0.4, 0.5) is 11.4 Å². The van der Waals surface area contributed by atoms with Crippen LogP contribution in [-0.2, 0) is 15.1 Å². The summed E-state index contributed by atoms with van der Waals surface area (Å²) in [6.07, 6.45) is 1.67. The lowest BCUT2D eigenvalue weighted by Crippen LogP contribution is -2.46. The van der Waals surface area contributed by atoms with Crippen LogP contribution >= 0.6 is 23.2 Å². The number of hydrogen-bond donors (Lipinski definition) is 2. The first-order valence-electron chi connectivity index (χ1n) is 12.3. The molecule has 2 aromatic carbocycles. The van der Waals surface area contributed by atoms with E-state index in [1.807, 2.05) is 30.0 Å². The van der Waals surface area contributed by atoms with E-state index in [4.69, 9.17) is 27.9 Å². The van der Waals surface area contributed by atoms with Gasteiger partial charge in [-0.1, -0.05) is 35.3 Å². The number of nitrogens with zero attached hydrogens (tertiary/aromatic N) is 2. The molecule has 2 fully saturated rings. The van der Waals surface area contributed by atoms with E-state index in [1.54, 1.807) is 19.9 Å². The molecule has 2 aliphatic heterocycles. The SMILES string of the molecule is C[C@@H](Nc1cc(N2CCC(C(=O)N3CCOCC3)CC2)ccc1C(C)(C)O)c1ccc(Cl)cc1Cl. The molecule has 4 rings (SSSR count). The monoisotopic (exact) mass is 519 g/mol. The molecule has 0 spiro atoms. The molecule has 0 aromatic heterocycles. The van der Waals surface area contributed by atoms with E-state index in [-0.39, 0.29) is 17.9 Å². The van der Waals surface area contributed by atoms with Gasteiger partial charge in [-0.2, -0.15) is 0 Å². The average molecular weight is 521 g/mol.